The van der Waals surface area contributed by atoms with Crippen LogP contribution in [0.15, 0.2) is 23.1 Å². The number of nitrogens with zero attached hydrogens (tertiary/aromatic N) is 2. The molecule has 1 aromatic rings. The van der Waals surface area contributed by atoms with Crippen molar-refractivity contribution in [3.63, 3.8) is 0 Å². The Balaban J connectivity index is 2.42. The van der Waals surface area contributed by atoms with Gasteiger partial charge in [0.05, 0.1) is 9.95 Å². The molecule has 9 heteroatoms. The highest BCUT2D eigenvalue weighted by molar-refractivity contribution is 7.89. The second kappa shape index (κ2) is 6.04. The molecule has 0 aromatic heterocycles. The van der Waals surface area contributed by atoms with Crippen molar-refractivity contribution in [3.05, 3.63) is 33.3 Å². The van der Waals surface area contributed by atoms with Crippen molar-refractivity contribution in [2.24, 2.45) is 0 Å². The van der Waals surface area contributed by atoms with Crippen LogP contribution in [0.3, 0.4) is 0 Å². The molecule has 20 heavy (non-hydrogen) atoms. The summed E-state index contributed by atoms with van der Waals surface area (Å²) in [7, 11) is -3.82. The number of sulfonamides is 1. The normalized spacial score (nSPS) is 17.6. The van der Waals surface area contributed by atoms with E-state index in [4.69, 9.17) is 11.6 Å². The van der Waals surface area contributed by atoms with Crippen molar-refractivity contribution >= 4 is 27.3 Å². The molecule has 1 N–H and O–H groups in total. The van der Waals surface area contributed by atoms with Crippen molar-refractivity contribution < 1.29 is 13.3 Å². The average molecular weight is 320 g/mol. The highest BCUT2D eigenvalue weighted by Crippen LogP contribution is 2.28. The number of rotatable bonds is 3. The van der Waals surface area contributed by atoms with Gasteiger partial charge in [0.1, 0.15) is 4.90 Å². The molecule has 2 rings (SSSR count). The van der Waals surface area contributed by atoms with Gasteiger partial charge in [-0.1, -0.05) is 11.6 Å². The molecule has 1 aromatic carbocycles. The van der Waals surface area contributed by atoms with Crippen molar-refractivity contribution in [1.82, 2.24) is 9.62 Å². The summed E-state index contributed by atoms with van der Waals surface area (Å²) in [5.74, 6) is 0. The van der Waals surface area contributed by atoms with E-state index in [1.165, 1.54) is 16.4 Å². The fraction of sp³-hybridized carbons (Fsp3) is 0.455. The molecule has 1 aliphatic rings. The van der Waals surface area contributed by atoms with Gasteiger partial charge in [0.2, 0.25) is 10.0 Å². The second-order valence-electron chi connectivity index (χ2n) is 4.38. The van der Waals surface area contributed by atoms with Crippen LogP contribution >= 0.6 is 11.6 Å². The predicted molar refractivity (Wildman–Crippen MR) is 74.4 cm³/mol. The minimum Gasteiger partial charge on any atom is -0.315 e. The first-order valence-corrected chi connectivity index (χ1v) is 7.89. The Morgan fingerprint density at radius 2 is 2.05 bits per heavy atom. The minimum atomic E-state index is -3.82. The Kier molecular flexibility index (Phi) is 4.59. The SMILES string of the molecule is O=[N+]([O-])c1ccc(Cl)c(S(=O)(=O)N2CCCNCC2)c1. The lowest BCUT2D eigenvalue weighted by molar-refractivity contribution is -0.385. The van der Waals surface area contributed by atoms with Crippen LogP contribution in [0.2, 0.25) is 5.02 Å². The third kappa shape index (κ3) is 3.09. The standard InChI is InChI=1S/C11H14ClN3O4S/c12-10-3-2-9(15(16)17)8-11(10)20(18,19)14-6-1-4-13-5-7-14/h2-3,8,13H,1,4-7H2. The molecule has 1 aliphatic heterocycles. The zero-order valence-electron chi connectivity index (χ0n) is 10.6. The van der Waals surface area contributed by atoms with E-state index in [-0.39, 0.29) is 15.6 Å². The molecule has 1 fully saturated rings. The molecule has 110 valence electrons. The number of hydrogen-bond donors (Lipinski definition) is 1. The number of nitro groups is 1. The van der Waals surface area contributed by atoms with Crippen molar-refractivity contribution in [2.45, 2.75) is 11.3 Å². The minimum absolute atomic E-state index is 0.00666. The molecule has 0 aliphatic carbocycles. The van der Waals surface area contributed by atoms with E-state index < -0.39 is 14.9 Å². The Morgan fingerprint density at radius 1 is 1.30 bits per heavy atom. The van der Waals surface area contributed by atoms with E-state index in [9.17, 15) is 18.5 Å². The van der Waals surface area contributed by atoms with Crippen LogP contribution in [0, 0.1) is 10.1 Å². The van der Waals surface area contributed by atoms with Crippen LogP contribution in [0.1, 0.15) is 6.42 Å². The van der Waals surface area contributed by atoms with Gasteiger partial charge in [-0.15, -0.1) is 0 Å². The summed E-state index contributed by atoms with van der Waals surface area (Å²) in [6.07, 6.45) is 0.686. The highest BCUT2D eigenvalue weighted by Gasteiger charge is 2.28. The van der Waals surface area contributed by atoms with Crippen molar-refractivity contribution in [1.29, 1.82) is 0 Å². The lowest BCUT2D eigenvalue weighted by atomic mass is 10.3. The zero-order chi connectivity index (χ0) is 14.8. The zero-order valence-corrected chi connectivity index (χ0v) is 12.2. The third-order valence-corrected chi connectivity index (χ3v) is 5.42. The Bertz CT molecular complexity index is 612. The van der Waals surface area contributed by atoms with Crippen LogP contribution in [0.5, 0.6) is 0 Å². The maximum atomic E-state index is 12.5. The van der Waals surface area contributed by atoms with Gasteiger partial charge in [-0.05, 0) is 19.0 Å². The summed E-state index contributed by atoms with van der Waals surface area (Å²) in [6.45, 7) is 1.98. The summed E-state index contributed by atoms with van der Waals surface area (Å²) in [6, 6.07) is 3.43. The van der Waals surface area contributed by atoms with Crippen LogP contribution in [0.4, 0.5) is 5.69 Å². The first-order valence-electron chi connectivity index (χ1n) is 6.08. The van der Waals surface area contributed by atoms with Gasteiger partial charge in [-0.3, -0.25) is 10.1 Å². The second-order valence-corrected chi connectivity index (χ2v) is 6.69. The number of nitro benzene ring substituents is 1. The maximum absolute atomic E-state index is 12.5. The Labute approximate surface area is 121 Å². The third-order valence-electron chi connectivity index (χ3n) is 3.04. The Hall–Kier alpha value is -1.22. The lowest BCUT2D eigenvalue weighted by Crippen LogP contribution is -2.34. The van der Waals surface area contributed by atoms with Gasteiger partial charge >= 0.3 is 0 Å². The monoisotopic (exact) mass is 319 g/mol. The molecule has 7 nitrogen and oxygen atoms in total. The Morgan fingerprint density at radius 3 is 2.75 bits per heavy atom. The molecule has 0 amide bonds. The fourth-order valence-corrected chi connectivity index (χ4v) is 3.98. The lowest BCUT2D eigenvalue weighted by Gasteiger charge is -2.20. The quantitative estimate of drug-likeness (QED) is 0.668. The average Bonchev–Trinajstić information content (AvgIpc) is 2.68. The molecular formula is C11H14ClN3O4S. The van der Waals surface area contributed by atoms with E-state index in [1.54, 1.807) is 0 Å². The maximum Gasteiger partial charge on any atom is 0.270 e. The highest BCUT2D eigenvalue weighted by atomic mass is 35.5. The van der Waals surface area contributed by atoms with Gasteiger partial charge in [-0.2, -0.15) is 4.31 Å². The van der Waals surface area contributed by atoms with Crippen molar-refractivity contribution in [2.75, 3.05) is 26.2 Å². The summed E-state index contributed by atoms with van der Waals surface area (Å²) < 4.78 is 26.4. The fourth-order valence-electron chi connectivity index (χ4n) is 2.00. The van der Waals surface area contributed by atoms with E-state index in [0.29, 0.717) is 26.1 Å². The van der Waals surface area contributed by atoms with Crippen LogP contribution in [0.25, 0.3) is 0 Å². The molecule has 0 unspecified atom stereocenters. The number of nitrogens with one attached hydrogen (secondary N) is 1. The van der Waals surface area contributed by atoms with Crippen LogP contribution in [-0.4, -0.2) is 43.8 Å². The molecule has 1 saturated heterocycles. The van der Waals surface area contributed by atoms with Crippen molar-refractivity contribution in [3.8, 4) is 0 Å². The van der Waals surface area contributed by atoms with Crippen LogP contribution < -0.4 is 5.32 Å². The molecule has 0 spiro atoms. The first kappa shape index (κ1) is 15.2. The van der Waals surface area contributed by atoms with E-state index in [0.717, 1.165) is 12.6 Å². The van der Waals surface area contributed by atoms with E-state index in [1.807, 2.05) is 0 Å². The molecule has 0 radical (unpaired) electrons. The first-order chi connectivity index (χ1) is 9.43. The smallest absolute Gasteiger partial charge is 0.270 e. The molecule has 0 atom stereocenters. The largest absolute Gasteiger partial charge is 0.315 e. The topological polar surface area (TPSA) is 92.5 Å². The number of hydrogen-bond acceptors (Lipinski definition) is 5. The molecule has 1 heterocycles. The van der Waals surface area contributed by atoms with E-state index >= 15 is 0 Å². The summed E-state index contributed by atoms with van der Waals surface area (Å²) in [4.78, 5) is 9.91. The van der Waals surface area contributed by atoms with Gasteiger partial charge in [0.25, 0.3) is 5.69 Å². The predicted octanol–water partition coefficient (Wildman–Crippen LogP) is 1.23. The number of benzene rings is 1. The molecular weight excluding hydrogens is 306 g/mol. The molecule has 0 saturated carbocycles. The van der Waals surface area contributed by atoms with Gasteiger partial charge in [0, 0.05) is 31.8 Å². The summed E-state index contributed by atoms with van der Waals surface area (Å²) >= 11 is 5.90. The summed E-state index contributed by atoms with van der Waals surface area (Å²) in [5.41, 5.74) is -0.291. The van der Waals surface area contributed by atoms with Gasteiger partial charge < -0.3 is 5.32 Å². The van der Waals surface area contributed by atoms with Gasteiger partial charge in [-0.25, -0.2) is 8.42 Å². The number of halogens is 1. The molecule has 0 bridgehead atoms. The summed E-state index contributed by atoms with van der Waals surface area (Å²) in [5, 5.41) is 13.9. The van der Waals surface area contributed by atoms with E-state index in [2.05, 4.69) is 5.32 Å². The number of non-ortho nitro benzene ring substituents is 1. The van der Waals surface area contributed by atoms with Crippen LogP contribution in [-0.2, 0) is 10.0 Å². The van der Waals surface area contributed by atoms with Gasteiger partial charge in [0.15, 0.2) is 0 Å².